The van der Waals surface area contributed by atoms with Crippen molar-refractivity contribution in [3.05, 3.63) is 48.0 Å². The lowest BCUT2D eigenvalue weighted by Gasteiger charge is -2.24. The molecule has 0 spiro atoms. The Morgan fingerprint density at radius 1 is 1.25 bits per heavy atom. The van der Waals surface area contributed by atoms with Crippen molar-refractivity contribution >= 4 is 17.9 Å². The maximum atomic E-state index is 12.7. The van der Waals surface area contributed by atoms with E-state index in [0.29, 0.717) is 38.3 Å². The molecule has 36 heavy (non-hydrogen) atoms. The highest BCUT2D eigenvalue weighted by Crippen LogP contribution is 2.19. The molecule has 2 atom stereocenters. The highest BCUT2D eigenvalue weighted by atomic mass is 16.6. The number of carbonyl (C=O) groups is 3. The monoisotopic (exact) mass is 499 g/mol. The standard InChI is InChI=1S/C25H37N7O4/c1-18(33)29-20-12-13-31(16-20)24(35)36-15-14-32-22(27-17-28-32)21(30-23(34)25(2,3)26)11-7-10-19-8-5-4-6-9-19/h4-6,8-9,17,20-21H,7,10-16,26H2,1-3H3,(H,29,33)(H,30,34). The molecule has 2 aromatic rings. The van der Waals surface area contributed by atoms with Crippen LogP contribution >= 0.6 is 0 Å². The zero-order valence-corrected chi connectivity index (χ0v) is 21.3. The van der Waals surface area contributed by atoms with Crippen molar-refractivity contribution in [1.82, 2.24) is 30.3 Å². The van der Waals surface area contributed by atoms with E-state index in [0.717, 1.165) is 12.8 Å². The van der Waals surface area contributed by atoms with Crippen molar-refractivity contribution in [3.63, 3.8) is 0 Å². The smallest absolute Gasteiger partial charge is 0.409 e. The van der Waals surface area contributed by atoms with E-state index in [-0.39, 0.29) is 30.5 Å². The van der Waals surface area contributed by atoms with Crippen LogP contribution in [0, 0.1) is 0 Å². The van der Waals surface area contributed by atoms with Gasteiger partial charge >= 0.3 is 6.09 Å². The average Bonchev–Trinajstić information content (AvgIpc) is 3.48. The molecule has 11 nitrogen and oxygen atoms in total. The Labute approximate surface area is 211 Å². The number of hydrogen-bond acceptors (Lipinski definition) is 7. The number of amides is 3. The first kappa shape index (κ1) is 27.1. The highest BCUT2D eigenvalue weighted by Gasteiger charge is 2.29. The Hall–Kier alpha value is -3.47. The van der Waals surface area contributed by atoms with E-state index in [1.165, 1.54) is 18.8 Å². The number of nitrogens with one attached hydrogen (secondary N) is 2. The van der Waals surface area contributed by atoms with Crippen LogP contribution in [0.5, 0.6) is 0 Å². The fourth-order valence-corrected chi connectivity index (χ4v) is 4.12. The van der Waals surface area contributed by atoms with Crippen molar-refractivity contribution in [2.45, 2.75) is 70.6 Å². The van der Waals surface area contributed by atoms with Crippen LogP contribution in [0.25, 0.3) is 0 Å². The number of benzene rings is 1. The van der Waals surface area contributed by atoms with Gasteiger partial charge in [-0.05, 0) is 45.1 Å². The summed E-state index contributed by atoms with van der Waals surface area (Å²) in [5.41, 5.74) is 6.19. The first-order chi connectivity index (χ1) is 17.1. The second-order valence-corrected chi connectivity index (χ2v) is 9.71. The van der Waals surface area contributed by atoms with E-state index in [4.69, 9.17) is 10.5 Å². The van der Waals surface area contributed by atoms with Gasteiger partial charge in [-0.15, -0.1) is 0 Å². The van der Waals surface area contributed by atoms with Crippen LogP contribution < -0.4 is 16.4 Å². The van der Waals surface area contributed by atoms with Crippen molar-refractivity contribution in [2.24, 2.45) is 5.73 Å². The summed E-state index contributed by atoms with van der Waals surface area (Å²) in [5, 5.41) is 10.1. The molecular formula is C25H37N7O4. The van der Waals surface area contributed by atoms with Crippen molar-refractivity contribution < 1.29 is 19.1 Å². The molecule has 3 rings (SSSR count). The summed E-state index contributed by atoms with van der Waals surface area (Å²) in [6, 6.07) is 9.70. The van der Waals surface area contributed by atoms with Crippen LogP contribution in [-0.4, -0.2) is 68.8 Å². The van der Waals surface area contributed by atoms with Crippen LogP contribution in [-0.2, 0) is 27.3 Å². The number of nitrogens with zero attached hydrogens (tertiary/aromatic N) is 4. The van der Waals surface area contributed by atoms with E-state index in [9.17, 15) is 14.4 Å². The number of aromatic nitrogens is 3. The van der Waals surface area contributed by atoms with E-state index >= 15 is 0 Å². The lowest BCUT2D eigenvalue weighted by atomic mass is 10.0. The second-order valence-electron chi connectivity index (χ2n) is 9.71. The fourth-order valence-electron chi connectivity index (χ4n) is 4.12. The Morgan fingerprint density at radius 3 is 2.69 bits per heavy atom. The average molecular weight is 500 g/mol. The topological polar surface area (TPSA) is 144 Å². The molecule has 1 aromatic carbocycles. The Morgan fingerprint density at radius 2 is 2.00 bits per heavy atom. The highest BCUT2D eigenvalue weighted by molar-refractivity contribution is 5.85. The Kier molecular flexibility index (Phi) is 9.40. The van der Waals surface area contributed by atoms with E-state index < -0.39 is 11.6 Å². The normalized spacial score (nSPS) is 16.4. The van der Waals surface area contributed by atoms with Crippen molar-refractivity contribution in [2.75, 3.05) is 19.7 Å². The van der Waals surface area contributed by atoms with Gasteiger partial charge < -0.3 is 26.0 Å². The van der Waals surface area contributed by atoms with Gasteiger partial charge in [-0.25, -0.2) is 14.5 Å². The number of rotatable bonds is 11. The molecule has 0 saturated carbocycles. The molecule has 2 unspecified atom stereocenters. The largest absolute Gasteiger partial charge is 0.447 e. The lowest BCUT2D eigenvalue weighted by molar-refractivity contribution is -0.126. The van der Waals surface area contributed by atoms with Crippen LogP contribution in [0.4, 0.5) is 4.79 Å². The van der Waals surface area contributed by atoms with E-state index in [1.54, 1.807) is 23.4 Å². The fraction of sp³-hybridized carbons (Fsp3) is 0.560. The molecule has 3 amide bonds. The summed E-state index contributed by atoms with van der Waals surface area (Å²) in [6.45, 7) is 6.12. The summed E-state index contributed by atoms with van der Waals surface area (Å²) in [6.07, 6.45) is 4.03. The number of aryl methyl sites for hydroxylation is 1. The van der Waals surface area contributed by atoms with Crippen LogP contribution in [0.3, 0.4) is 0 Å². The minimum Gasteiger partial charge on any atom is -0.447 e. The van der Waals surface area contributed by atoms with Crippen LogP contribution in [0.1, 0.15) is 57.5 Å². The quantitative estimate of drug-likeness (QED) is 0.425. The molecule has 196 valence electrons. The minimum atomic E-state index is -1.04. The predicted octanol–water partition coefficient (Wildman–Crippen LogP) is 1.54. The molecule has 11 heteroatoms. The molecule has 0 bridgehead atoms. The summed E-state index contributed by atoms with van der Waals surface area (Å²) < 4.78 is 7.09. The molecular weight excluding hydrogens is 462 g/mol. The number of nitrogens with two attached hydrogens (primary N) is 1. The minimum absolute atomic E-state index is 0.0518. The third-order valence-electron chi connectivity index (χ3n) is 6.03. The molecule has 2 heterocycles. The third kappa shape index (κ3) is 8.04. The first-order valence-corrected chi connectivity index (χ1v) is 12.3. The van der Waals surface area contributed by atoms with Gasteiger partial charge in [-0.3, -0.25) is 9.59 Å². The first-order valence-electron chi connectivity index (χ1n) is 12.3. The van der Waals surface area contributed by atoms with Gasteiger partial charge in [-0.1, -0.05) is 30.3 Å². The predicted molar refractivity (Wildman–Crippen MR) is 134 cm³/mol. The van der Waals surface area contributed by atoms with Gasteiger partial charge in [0.05, 0.1) is 18.1 Å². The SMILES string of the molecule is CC(=O)NC1CCN(C(=O)OCCn2ncnc2C(CCCc2ccccc2)NC(=O)C(C)(C)N)C1. The molecule has 1 aliphatic heterocycles. The van der Waals surface area contributed by atoms with Gasteiger partial charge in [0, 0.05) is 26.1 Å². The summed E-state index contributed by atoms with van der Waals surface area (Å²) >= 11 is 0. The second kappa shape index (κ2) is 12.5. The maximum absolute atomic E-state index is 12.7. The zero-order valence-electron chi connectivity index (χ0n) is 21.3. The lowest BCUT2D eigenvalue weighted by Crippen LogP contribution is -2.50. The molecule has 0 radical (unpaired) electrons. The Bertz CT molecular complexity index is 1020. The number of likely N-dealkylation sites (tertiary alicyclic amines) is 1. The van der Waals surface area contributed by atoms with Gasteiger partial charge in [0.1, 0.15) is 18.8 Å². The van der Waals surface area contributed by atoms with Crippen molar-refractivity contribution in [1.29, 1.82) is 0 Å². The molecule has 1 aliphatic rings. The molecule has 1 saturated heterocycles. The number of hydrogen-bond donors (Lipinski definition) is 3. The molecule has 1 aromatic heterocycles. The van der Waals surface area contributed by atoms with Gasteiger partial charge in [0.15, 0.2) is 0 Å². The Balaban J connectivity index is 1.57. The van der Waals surface area contributed by atoms with Crippen LogP contribution in [0.15, 0.2) is 36.7 Å². The summed E-state index contributed by atoms with van der Waals surface area (Å²) in [7, 11) is 0. The third-order valence-corrected chi connectivity index (χ3v) is 6.03. The summed E-state index contributed by atoms with van der Waals surface area (Å²) in [5.74, 6) is 0.192. The van der Waals surface area contributed by atoms with E-state index in [1.807, 2.05) is 18.2 Å². The van der Waals surface area contributed by atoms with Crippen LogP contribution in [0.2, 0.25) is 0 Å². The molecule has 1 fully saturated rings. The van der Waals surface area contributed by atoms with Gasteiger partial charge in [0.25, 0.3) is 0 Å². The molecule has 0 aliphatic carbocycles. The van der Waals surface area contributed by atoms with Crippen molar-refractivity contribution in [3.8, 4) is 0 Å². The van der Waals surface area contributed by atoms with Gasteiger partial charge in [-0.2, -0.15) is 5.10 Å². The number of carbonyl (C=O) groups excluding carboxylic acids is 3. The molecule has 4 N–H and O–H groups in total. The van der Waals surface area contributed by atoms with Gasteiger partial charge in [0.2, 0.25) is 11.8 Å². The maximum Gasteiger partial charge on any atom is 0.409 e. The number of ether oxygens (including phenoxy) is 1. The van der Waals surface area contributed by atoms with E-state index in [2.05, 4.69) is 32.8 Å². The zero-order chi connectivity index (χ0) is 26.1. The summed E-state index contributed by atoms with van der Waals surface area (Å²) in [4.78, 5) is 42.3.